The molecule has 136 valence electrons. The number of aromatic nitrogens is 1. The van der Waals surface area contributed by atoms with Crippen molar-refractivity contribution in [3.8, 4) is 0 Å². The van der Waals surface area contributed by atoms with Crippen LogP contribution < -0.4 is 0 Å². The van der Waals surface area contributed by atoms with Crippen LogP contribution in [0.15, 0.2) is 34.9 Å². The molecule has 1 aliphatic rings. The van der Waals surface area contributed by atoms with Crippen molar-refractivity contribution in [1.82, 2.24) is 10.1 Å². The molecule has 0 N–H and O–H groups in total. The number of imide groups is 1. The van der Waals surface area contributed by atoms with Gasteiger partial charge in [-0.25, -0.2) is 4.79 Å². The van der Waals surface area contributed by atoms with Gasteiger partial charge in [-0.2, -0.15) is 0 Å². The molecular formula is C19H20N2O5. The van der Waals surface area contributed by atoms with Gasteiger partial charge in [0, 0.05) is 6.07 Å². The van der Waals surface area contributed by atoms with Crippen LogP contribution >= 0.6 is 0 Å². The normalized spacial score (nSPS) is 14.7. The van der Waals surface area contributed by atoms with Crippen LogP contribution in [-0.2, 0) is 16.1 Å². The molecule has 1 aromatic heterocycles. The molecule has 2 heterocycles. The molecule has 26 heavy (non-hydrogen) atoms. The fourth-order valence-electron chi connectivity index (χ4n) is 2.97. The number of rotatable bonds is 6. The third kappa shape index (κ3) is 3.37. The molecule has 0 aliphatic carbocycles. The van der Waals surface area contributed by atoms with Crippen LogP contribution in [0.25, 0.3) is 0 Å². The molecule has 0 saturated heterocycles. The fourth-order valence-corrected chi connectivity index (χ4v) is 2.97. The summed E-state index contributed by atoms with van der Waals surface area (Å²) in [5, 5.41) is 3.77. The Morgan fingerprint density at radius 2 is 1.81 bits per heavy atom. The van der Waals surface area contributed by atoms with E-state index in [1.807, 2.05) is 13.8 Å². The molecule has 0 radical (unpaired) electrons. The highest BCUT2D eigenvalue weighted by atomic mass is 16.5. The molecule has 7 heteroatoms. The van der Waals surface area contributed by atoms with Crippen LogP contribution in [0.5, 0.6) is 0 Å². The minimum absolute atomic E-state index is 0.0755. The molecule has 1 aromatic carbocycles. The Morgan fingerprint density at radius 3 is 2.31 bits per heavy atom. The maximum atomic E-state index is 12.7. The van der Waals surface area contributed by atoms with Gasteiger partial charge >= 0.3 is 5.97 Å². The van der Waals surface area contributed by atoms with E-state index in [-0.39, 0.29) is 12.5 Å². The first-order chi connectivity index (χ1) is 12.4. The number of amides is 2. The van der Waals surface area contributed by atoms with E-state index >= 15 is 0 Å². The second-order valence-corrected chi connectivity index (χ2v) is 6.71. The predicted octanol–water partition coefficient (Wildman–Crippen LogP) is 2.74. The summed E-state index contributed by atoms with van der Waals surface area (Å²) < 4.78 is 10.2. The van der Waals surface area contributed by atoms with Gasteiger partial charge in [-0.1, -0.05) is 31.1 Å². The lowest BCUT2D eigenvalue weighted by Crippen LogP contribution is -2.46. The molecule has 7 nitrogen and oxygen atoms in total. The third-order valence-corrected chi connectivity index (χ3v) is 4.14. The topological polar surface area (TPSA) is 89.7 Å². The van der Waals surface area contributed by atoms with E-state index in [0.29, 0.717) is 29.0 Å². The molecule has 2 aromatic rings. The average molecular weight is 356 g/mol. The van der Waals surface area contributed by atoms with Crippen molar-refractivity contribution < 1.29 is 23.6 Å². The number of hydrogen-bond acceptors (Lipinski definition) is 6. The number of benzene rings is 1. The molecule has 2 amide bonds. The summed E-state index contributed by atoms with van der Waals surface area (Å²) >= 11 is 0. The van der Waals surface area contributed by atoms with E-state index in [1.54, 1.807) is 37.3 Å². The molecule has 1 aliphatic heterocycles. The van der Waals surface area contributed by atoms with Gasteiger partial charge in [0.1, 0.15) is 24.1 Å². The first-order valence-electron chi connectivity index (χ1n) is 8.44. The van der Waals surface area contributed by atoms with Crippen LogP contribution in [0.3, 0.4) is 0 Å². The predicted molar refractivity (Wildman–Crippen MR) is 91.2 cm³/mol. The lowest BCUT2D eigenvalue weighted by Gasteiger charge is -2.25. The SMILES string of the molecule is Cc1cc(COC(=O)[C@@H](CC(C)C)N2C(=O)c3ccccc3C2=O)no1. The number of esters is 1. The van der Waals surface area contributed by atoms with Crippen molar-refractivity contribution in [3.63, 3.8) is 0 Å². The minimum Gasteiger partial charge on any atom is -0.457 e. The molecule has 0 unspecified atom stereocenters. The van der Waals surface area contributed by atoms with E-state index in [2.05, 4.69) is 5.16 Å². The van der Waals surface area contributed by atoms with Crippen LogP contribution in [0, 0.1) is 12.8 Å². The maximum absolute atomic E-state index is 12.7. The molecule has 0 fully saturated rings. The lowest BCUT2D eigenvalue weighted by atomic mass is 10.0. The van der Waals surface area contributed by atoms with E-state index in [1.165, 1.54) is 0 Å². The standard InChI is InChI=1S/C19H20N2O5/c1-11(2)8-16(19(24)25-10-13-9-12(3)26-20-13)21-17(22)14-6-4-5-7-15(14)18(21)23/h4-7,9,11,16H,8,10H2,1-3H3/t16-/m1/s1. The van der Waals surface area contributed by atoms with Gasteiger partial charge in [0.25, 0.3) is 11.8 Å². The minimum atomic E-state index is -0.976. The summed E-state index contributed by atoms with van der Waals surface area (Å²) in [4.78, 5) is 39.0. The zero-order valence-corrected chi connectivity index (χ0v) is 14.9. The quantitative estimate of drug-likeness (QED) is 0.584. The number of nitrogens with zero attached hydrogens (tertiary/aromatic N) is 2. The second-order valence-electron chi connectivity index (χ2n) is 6.71. The van der Waals surface area contributed by atoms with Gasteiger partial charge in [0.15, 0.2) is 0 Å². The molecule has 1 atom stereocenters. The summed E-state index contributed by atoms with van der Waals surface area (Å²) in [5.74, 6) is -0.869. The van der Waals surface area contributed by atoms with Crippen molar-refractivity contribution in [2.24, 2.45) is 5.92 Å². The smallest absolute Gasteiger partial charge is 0.329 e. The summed E-state index contributed by atoms with van der Waals surface area (Å²) in [6.45, 7) is 5.49. The highest BCUT2D eigenvalue weighted by molar-refractivity contribution is 6.22. The Kier molecular flexibility index (Phi) is 4.88. The van der Waals surface area contributed by atoms with Gasteiger partial charge in [-0.3, -0.25) is 14.5 Å². The van der Waals surface area contributed by atoms with Crippen molar-refractivity contribution in [3.05, 3.63) is 52.9 Å². The maximum Gasteiger partial charge on any atom is 0.329 e. The highest BCUT2D eigenvalue weighted by Crippen LogP contribution is 2.27. The third-order valence-electron chi connectivity index (χ3n) is 4.14. The molecule has 0 bridgehead atoms. The monoisotopic (exact) mass is 356 g/mol. The second kappa shape index (κ2) is 7.11. The van der Waals surface area contributed by atoms with Gasteiger partial charge in [0.05, 0.1) is 11.1 Å². The van der Waals surface area contributed by atoms with Crippen LogP contribution in [0.1, 0.15) is 52.4 Å². The summed E-state index contributed by atoms with van der Waals surface area (Å²) in [6.07, 6.45) is 0.322. The number of ether oxygens (including phenoxy) is 1. The van der Waals surface area contributed by atoms with Crippen LogP contribution in [0.4, 0.5) is 0 Å². The Hall–Kier alpha value is -2.96. The first kappa shape index (κ1) is 17.8. The summed E-state index contributed by atoms with van der Waals surface area (Å²) in [5.41, 5.74) is 1.10. The fraction of sp³-hybridized carbons (Fsp3) is 0.368. The molecule has 0 saturated carbocycles. The molecule has 0 spiro atoms. The van der Waals surface area contributed by atoms with Crippen molar-refractivity contribution in [2.75, 3.05) is 0 Å². The first-order valence-corrected chi connectivity index (χ1v) is 8.44. The van der Waals surface area contributed by atoms with Gasteiger partial charge in [-0.05, 0) is 31.4 Å². The van der Waals surface area contributed by atoms with Gasteiger partial charge in [0.2, 0.25) is 0 Å². The van der Waals surface area contributed by atoms with Gasteiger partial charge < -0.3 is 9.26 Å². The summed E-state index contributed by atoms with van der Waals surface area (Å²) in [6, 6.07) is 7.24. The number of carbonyl (C=O) groups excluding carboxylic acids is 3. The van der Waals surface area contributed by atoms with E-state index in [4.69, 9.17) is 9.26 Å². The number of hydrogen-bond donors (Lipinski definition) is 0. The van der Waals surface area contributed by atoms with Crippen molar-refractivity contribution in [2.45, 2.75) is 39.8 Å². The average Bonchev–Trinajstić information content (AvgIpc) is 3.13. The van der Waals surface area contributed by atoms with E-state index < -0.39 is 23.8 Å². The highest BCUT2D eigenvalue weighted by Gasteiger charge is 2.43. The lowest BCUT2D eigenvalue weighted by molar-refractivity contribution is -0.150. The van der Waals surface area contributed by atoms with E-state index in [0.717, 1.165) is 4.90 Å². The zero-order valence-electron chi connectivity index (χ0n) is 14.9. The Labute approximate surface area is 150 Å². The van der Waals surface area contributed by atoms with Crippen molar-refractivity contribution in [1.29, 1.82) is 0 Å². The van der Waals surface area contributed by atoms with Gasteiger partial charge in [-0.15, -0.1) is 0 Å². The number of aryl methyl sites for hydroxylation is 1. The Bertz CT molecular complexity index is 820. The van der Waals surface area contributed by atoms with Crippen molar-refractivity contribution >= 4 is 17.8 Å². The van der Waals surface area contributed by atoms with Crippen LogP contribution in [0.2, 0.25) is 0 Å². The largest absolute Gasteiger partial charge is 0.457 e. The Morgan fingerprint density at radius 1 is 1.19 bits per heavy atom. The molecular weight excluding hydrogens is 336 g/mol. The molecule has 3 rings (SSSR count). The Balaban J connectivity index is 1.81. The number of fused-ring (bicyclic) bond motifs is 1. The van der Waals surface area contributed by atoms with E-state index in [9.17, 15) is 14.4 Å². The summed E-state index contributed by atoms with van der Waals surface area (Å²) in [7, 11) is 0. The number of carbonyl (C=O) groups is 3. The van der Waals surface area contributed by atoms with Crippen LogP contribution in [-0.4, -0.2) is 33.9 Å². The zero-order chi connectivity index (χ0) is 18.8.